The molecule has 22 heavy (non-hydrogen) atoms. The number of nitrogens with one attached hydrogen (secondary N) is 1. The highest BCUT2D eigenvalue weighted by Crippen LogP contribution is 2.25. The molecule has 0 aliphatic carbocycles. The maximum absolute atomic E-state index is 12.2. The van der Waals surface area contributed by atoms with Crippen molar-refractivity contribution in [1.29, 1.82) is 0 Å². The Morgan fingerprint density at radius 3 is 2.82 bits per heavy atom. The molecule has 0 bridgehead atoms. The molecule has 1 aromatic heterocycles. The van der Waals surface area contributed by atoms with Crippen LogP contribution in [0.2, 0.25) is 0 Å². The zero-order valence-corrected chi connectivity index (χ0v) is 13.3. The number of amides is 2. The van der Waals surface area contributed by atoms with E-state index in [4.69, 9.17) is 4.74 Å². The molecule has 0 radical (unpaired) electrons. The lowest BCUT2D eigenvalue weighted by Crippen LogP contribution is -2.40. The predicted molar refractivity (Wildman–Crippen MR) is 79.5 cm³/mol. The van der Waals surface area contributed by atoms with Gasteiger partial charge in [0.25, 0.3) is 5.91 Å². The summed E-state index contributed by atoms with van der Waals surface area (Å²) in [6.07, 6.45) is 1.18. The summed E-state index contributed by atoms with van der Waals surface area (Å²) in [5.41, 5.74) is 1.86. The summed E-state index contributed by atoms with van der Waals surface area (Å²) in [5.74, 6) is -0.0997. The second kappa shape index (κ2) is 5.30. The van der Waals surface area contributed by atoms with Crippen molar-refractivity contribution in [3.63, 3.8) is 0 Å². The number of nitrogens with zero attached hydrogens (tertiary/aromatic N) is 3. The van der Waals surface area contributed by atoms with Crippen molar-refractivity contribution in [2.45, 2.75) is 52.3 Å². The maximum atomic E-state index is 12.2. The second-order valence-corrected chi connectivity index (χ2v) is 6.76. The maximum Gasteiger partial charge on any atom is 0.410 e. The fourth-order valence-corrected chi connectivity index (χ4v) is 2.84. The Morgan fingerprint density at radius 1 is 1.32 bits per heavy atom. The Bertz CT molecular complexity index is 615. The van der Waals surface area contributed by atoms with E-state index in [0.717, 1.165) is 24.2 Å². The van der Waals surface area contributed by atoms with Gasteiger partial charge in [-0.15, -0.1) is 0 Å². The van der Waals surface area contributed by atoms with E-state index in [-0.39, 0.29) is 12.0 Å². The molecular weight excluding hydrogens is 284 g/mol. The molecule has 0 spiro atoms. The molecule has 2 amide bonds. The van der Waals surface area contributed by atoms with Gasteiger partial charge >= 0.3 is 6.09 Å². The number of rotatable bonds is 0. The monoisotopic (exact) mass is 306 g/mol. The third-order valence-electron chi connectivity index (χ3n) is 3.80. The molecule has 2 aliphatic heterocycles. The van der Waals surface area contributed by atoms with Gasteiger partial charge in [-0.25, -0.2) is 4.79 Å². The van der Waals surface area contributed by atoms with Crippen LogP contribution in [0.5, 0.6) is 0 Å². The highest BCUT2D eigenvalue weighted by molar-refractivity contribution is 5.94. The largest absolute Gasteiger partial charge is 0.444 e. The number of aromatic nitrogens is 2. The van der Waals surface area contributed by atoms with Gasteiger partial charge in [-0.2, -0.15) is 5.10 Å². The molecule has 3 rings (SSSR count). The van der Waals surface area contributed by atoms with Crippen molar-refractivity contribution in [2.24, 2.45) is 0 Å². The van der Waals surface area contributed by atoms with Crippen LogP contribution in [0.4, 0.5) is 4.79 Å². The minimum atomic E-state index is -0.523. The molecule has 7 nitrogen and oxygen atoms in total. The molecule has 0 aromatic carbocycles. The molecule has 0 fully saturated rings. The number of hydrogen-bond acceptors (Lipinski definition) is 4. The Labute approximate surface area is 129 Å². The van der Waals surface area contributed by atoms with Crippen molar-refractivity contribution in [3.8, 4) is 0 Å². The van der Waals surface area contributed by atoms with Crippen molar-refractivity contribution < 1.29 is 14.3 Å². The molecule has 1 N–H and O–H groups in total. The standard InChI is InChI=1S/C15H22N4O3/c1-15(2,3)22-14(21)18-8-5-11-10(9-18)12-13(20)16-6-4-7-19(12)17-11/h4-9H2,1-3H3,(H,16,20). The SMILES string of the molecule is CC(C)(C)OC(=O)N1CCc2nn3c(c2C1)C(=O)NCCC3. The van der Waals surface area contributed by atoms with Crippen molar-refractivity contribution in [1.82, 2.24) is 20.0 Å². The van der Waals surface area contributed by atoms with Crippen LogP contribution in [0, 0.1) is 0 Å². The first-order chi connectivity index (χ1) is 10.3. The van der Waals surface area contributed by atoms with Crippen LogP contribution in [-0.2, 0) is 24.2 Å². The molecule has 0 unspecified atom stereocenters. The molecular formula is C15H22N4O3. The van der Waals surface area contributed by atoms with E-state index in [9.17, 15) is 9.59 Å². The van der Waals surface area contributed by atoms with Gasteiger partial charge in [-0.1, -0.05) is 0 Å². The van der Waals surface area contributed by atoms with E-state index < -0.39 is 5.60 Å². The lowest BCUT2D eigenvalue weighted by molar-refractivity contribution is 0.0222. The third kappa shape index (κ3) is 2.80. The number of carbonyl (C=O) groups excluding carboxylic acids is 2. The average Bonchev–Trinajstić information content (AvgIpc) is 2.68. The number of ether oxygens (including phenoxy) is 1. The first-order valence-electron chi connectivity index (χ1n) is 7.70. The highest BCUT2D eigenvalue weighted by Gasteiger charge is 2.32. The fourth-order valence-electron chi connectivity index (χ4n) is 2.84. The van der Waals surface area contributed by atoms with Crippen LogP contribution in [0.15, 0.2) is 0 Å². The highest BCUT2D eigenvalue weighted by atomic mass is 16.6. The van der Waals surface area contributed by atoms with E-state index in [1.807, 2.05) is 20.8 Å². The molecule has 1 aromatic rings. The molecule has 120 valence electrons. The molecule has 0 atom stereocenters. The average molecular weight is 306 g/mol. The van der Waals surface area contributed by atoms with Crippen LogP contribution in [0.25, 0.3) is 0 Å². The van der Waals surface area contributed by atoms with Gasteiger partial charge in [-0.05, 0) is 27.2 Å². The van der Waals surface area contributed by atoms with Crippen LogP contribution in [0.1, 0.15) is 48.9 Å². The van der Waals surface area contributed by atoms with E-state index in [1.54, 1.807) is 9.58 Å². The smallest absolute Gasteiger partial charge is 0.410 e. The molecule has 7 heteroatoms. The van der Waals surface area contributed by atoms with Crippen LogP contribution >= 0.6 is 0 Å². The fraction of sp³-hybridized carbons (Fsp3) is 0.667. The van der Waals surface area contributed by atoms with Crippen molar-refractivity contribution in [3.05, 3.63) is 17.0 Å². The lowest BCUT2D eigenvalue weighted by atomic mass is 10.1. The Kier molecular flexibility index (Phi) is 3.58. The van der Waals surface area contributed by atoms with Gasteiger partial charge < -0.3 is 15.0 Å². The van der Waals surface area contributed by atoms with E-state index in [1.165, 1.54) is 0 Å². The van der Waals surface area contributed by atoms with Gasteiger partial charge in [0.05, 0.1) is 12.2 Å². The van der Waals surface area contributed by atoms with Gasteiger partial charge in [-0.3, -0.25) is 9.48 Å². The predicted octanol–water partition coefficient (Wildman–Crippen LogP) is 1.31. The summed E-state index contributed by atoms with van der Waals surface area (Å²) in [6.45, 7) is 7.88. The first kappa shape index (κ1) is 14.9. The molecule has 3 heterocycles. The number of fused-ring (bicyclic) bond motifs is 3. The number of hydrogen-bond donors (Lipinski definition) is 1. The zero-order chi connectivity index (χ0) is 15.9. The number of aryl methyl sites for hydroxylation is 1. The van der Waals surface area contributed by atoms with Crippen molar-refractivity contribution >= 4 is 12.0 Å². The molecule has 0 saturated carbocycles. The van der Waals surface area contributed by atoms with E-state index in [2.05, 4.69) is 10.4 Å². The summed E-state index contributed by atoms with van der Waals surface area (Å²) in [5, 5.41) is 7.43. The Morgan fingerprint density at radius 2 is 2.09 bits per heavy atom. The third-order valence-corrected chi connectivity index (χ3v) is 3.80. The summed E-state index contributed by atoms with van der Waals surface area (Å²) in [7, 11) is 0. The summed E-state index contributed by atoms with van der Waals surface area (Å²) < 4.78 is 7.21. The molecule has 0 saturated heterocycles. The van der Waals surface area contributed by atoms with Crippen LogP contribution in [0.3, 0.4) is 0 Å². The van der Waals surface area contributed by atoms with Crippen LogP contribution in [-0.4, -0.2) is 45.4 Å². The summed E-state index contributed by atoms with van der Waals surface area (Å²) in [6, 6.07) is 0. The van der Waals surface area contributed by atoms with Gasteiger partial charge in [0.15, 0.2) is 0 Å². The zero-order valence-electron chi connectivity index (χ0n) is 13.3. The van der Waals surface area contributed by atoms with E-state index >= 15 is 0 Å². The van der Waals surface area contributed by atoms with E-state index in [0.29, 0.717) is 31.7 Å². The molecule has 2 aliphatic rings. The second-order valence-electron chi connectivity index (χ2n) is 6.76. The lowest BCUT2D eigenvalue weighted by Gasteiger charge is -2.29. The van der Waals surface area contributed by atoms with Gasteiger partial charge in [0.2, 0.25) is 0 Å². The van der Waals surface area contributed by atoms with Crippen molar-refractivity contribution in [2.75, 3.05) is 13.1 Å². The van der Waals surface area contributed by atoms with Gasteiger partial charge in [0.1, 0.15) is 11.3 Å². The minimum Gasteiger partial charge on any atom is -0.444 e. The Hall–Kier alpha value is -2.05. The minimum absolute atomic E-state index is 0.0997. The quantitative estimate of drug-likeness (QED) is 0.784. The Balaban J connectivity index is 1.85. The summed E-state index contributed by atoms with van der Waals surface area (Å²) in [4.78, 5) is 26.1. The summed E-state index contributed by atoms with van der Waals surface area (Å²) >= 11 is 0. The first-order valence-corrected chi connectivity index (χ1v) is 7.70. The van der Waals surface area contributed by atoms with Gasteiger partial charge in [0, 0.05) is 31.6 Å². The van der Waals surface area contributed by atoms with Crippen LogP contribution < -0.4 is 5.32 Å². The number of carbonyl (C=O) groups is 2. The topological polar surface area (TPSA) is 76.5 Å². The normalized spacial score (nSPS) is 18.1.